The number of hydroxylamine groups is 1. The van der Waals surface area contributed by atoms with Crippen LogP contribution in [0.5, 0.6) is 0 Å². The maximum atomic E-state index is 8.43. The number of hydrogen-bond acceptors (Lipinski definition) is 4. The van der Waals surface area contributed by atoms with Gasteiger partial charge in [0.2, 0.25) is 0 Å². The first-order valence-electron chi connectivity index (χ1n) is 2.12. The van der Waals surface area contributed by atoms with Crippen molar-refractivity contribution in [2.75, 3.05) is 0 Å². The summed E-state index contributed by atoms with van der Waals surface area (Å²) in [6.07, 6.45) is 2.39. The fourth-order valence-corrected chi connectivity index (χ4v) is 0.270. The molecule has 0 atom stereocenters. The Kier molecular flexibility index (Phi) is 2.64. The zero-order valence-corrected chi connectivity index (χ0v) is 4.50. The molecule has 0 aromatic rings. The third-order valence-corrected chi connectivity index (χ3v) is 0.564. The van der Waals surface area contributed by atoms with Gasteiger partial charge in [-0.1, -0.05) is 6.08 Å². The van der Waals surface area contributed by atoms with Crippen molar-refractivity contribution >= 4 is 0 Å². The van der Waals surface area contributed by atoms with Gasteiger partial charge in [0, 0.05) is 0 Å². The first-order chi connectivity index (χ1) is 3.62. The highest BCUT2D eigenvalue weighted by atomic mass is 16.6. The summed E-state index contributed by atoms with van der Waals surface area (Å²) in [6, 6.07) is 0. The topological polar surface area (TPSA) is 72.7 Å². The minimum absolute atomic E-state index is 0.993. The molecule has 0 bridgehead atoms. The van der Waals surface area contributed by atoms with E-state index in [0.29, 0.717) is 0 Å². The Morgan fingerprint density at radius 2 is 2.00 bits per heavy atom. The third-order valence-electron chi connectivity index (χ3n) is 0.564. The quantitative estimate of drug-likeness (QED) is 0.218. The van der Waals surface area contributed by atoms with Crippen molar-refractivity contribution in [3.8, 4) is 0 Å². The molecule has 0 rings (SSSR count). The van der Waals surface area contributed by atoms with Crippen molar-refractivity contribution in [3.05, 3.63) is 12.2 Å². The van der Waals surface area contributed by atoms with Crippen molar-refractivity contribution < 1.29 is 15.4 Å². The SMILES string of the molecule is CC=CC(O)(O)NO. The van der Waals surface area contributed by atoms with Crippen LogP contribution in [0.15, 0.2) is 12.2 Å². The van der Waals surface area contributed by atoms with E-state index >= 15 is 0 Å². The molecule has 0 amide bonds. The molecule has 0 fully saturated rings. The van der Waals surface area contributed by atoms with Crippen LogP contribution < -0.4 is 5.48 Å². The van der Waals surface area contributed by atoms with Crippen LogP contribution in [-0.4, -0.2) is 21.3 Å². The van der Waals surface area contributed by atoms with Gasteiger partial charge in [0.15, 0.2) is 0 Å². The standard InChI is InChI=1S/C4H9NO3/c1-2-3-4(6,7)5-8/h2-3,5-8H,1H3. The van der Waals surface area contributed by atoms with Crippen molar-refractivity contribution in [1.29, 1.82) is 0 Å². The first kappa shape index (κ1) is 7.58. The van der Waals surface area contributed by atoms with Gasteiger partial charge < -0.3 is 15.4 Å². The Bertz CT molecular complexity index is 89.3. The van der Waals surface area contributed by atoms with Gasteiger partial charge in [-0.3, -0.25) is 0 Å². The van der Waals surface area contributed by atoms with Gasteiger partial charge in [0.1, 0.15) is 0 Å². The fourth-order valence-electron chi connectivity index (χ4n) is 0.270. The second-order valence-corrected chi connectivity index (χ2v) is 1.34. The normalized spacial score (nSPS) is 13.0. The molecule has 0 saturated heterocycles. The van der Waals surface area contributed by atoms with E-state index < -0.39 is 5.91 Å². The Labute approximate surface area is 47.0 Å². The minimum atomic E-state index is -2.28. The number of aliphatic hydroxyl groups is 2. The Morgan fingerprint density at radius 3 is 2.12 bits per heavy atom. The molecule has 4 heteroatoms. The van der Waals surface area contributed by atoms with Crippen LogP contribution in [0.2, 0.25) is 0 Å². The zero-order chi connectivity index (χ0) is 6.62. The van der Waals surface area contributed by atoms with Gasteiger partial charge >= 0.3 is 0 Å². The Hall–Kier alpha value is -0.420. The summed E-state index contributed by atoms with van der Waals surface area (Å²) in [5.74, 6) is -2.28. The molecule has 0 aliphatic heterocycles. The maximum absolute atomic E-state index is 8.43. The van der Waals surface area contributed by atoms with Crippen LogP contribution in [0.25, 0.3) is 0 Å². The van der Waals surface area contributed by atoms with Crippen LogP contribution in [0, 0.1) is 0 Å². The number of rotatable bonds is 2. The Balaban J connectivity index is 3.71. The van der Waals surface area contributed by atoms with E-state index in [1.807, 2.05) is 0 Å². The lowest BCUT2D eigenvalue weighted by Gasteiger charge is -2.12. The second-order valence-electron chi connectivity index (χ2n) is 1.34. The molecule has 0 aliphatic carbocycles. The second kappa shape index (κ2) is 2.78. The summed E-state index contributed by atoms with van der Waals surface area (Å²) in [5.41, 5.74) is 1.27. The molecular formula is C4H9NO3. The van der Waals surface area contributed by atoms with Gasteiger partial charge in [0.25, 0.3) is 5.91 Å². The molecule has 48 valence electrons. The number of nitrogens with one attached hydrogen (secondary N) is 1. The van der Waals surface area contributed by atoms with E-state index in [9.17, 15) is 0 Å². The average molecular weight is 119 g/mol. The van der Waals surface area contributed by atoms with Crippen molar-refractivity contribution in [2.24, 2.45) is 0 Å². The number of hydrogen-bond donors (Lipinski definition) is 4. The lowest BCUT2D eigenvalue weighted by Crippen LogP contribution is -2.40. The molecule has 0 unspecified atom stereocenters. The number of allylic oxidation sites excluding steroid dienone is 1. The Morgan fingerprint density at radius 1 is 1.50 bits per heavy atom. The molecular weight excluding hydrogens is 110 g/mol. The van der Waals surface area contributed by atoms with Crippen LogP contribution in [0.3, 0.4) is 0 Å². The van der Waals surface area contributed by atoms with Gasteiger partial charge in [-0.25, -0.2) is 0 Å². The van der Waals surface area contributed by atoms with Gasteiger partial charge in [-0.2, -0.15) is 0 Å². The molecule has 0 aliphatic rings. The predicted octanol–water partition coefficient (Wildman–Crippen LogP) is -0.820. The van der Waals surface area contributed by atoms with E-state index in [0.717, 1.165) is 6.08 Å². The average Bonchev–Trinajstić information content (AvgIpc) is 1.67. The van der Waals surface area contributed by atoms with E-state index in [1.165, 1.54) is 11.6 Å². The molecule has 0 radical (unpaired) electrons. The largest absolute Gasteiger partial charge is 0.349 e. The van der Waals surface area contributed by atoms with E-state index in [-0.39, 0.29) is 0 Å². The first-order valence-corrected chi connectivity index (χ1v) is 2.12. The molecule has 8 heavy (non-hydrogen) atoms. The van der Waals surface area contributed by atoms with Gasteiger partial charge in [-0.15, -0.1) is 5.48 Å². The van der Waals surface area contributed by atoms with Crippen molar-refractivity contribution in [3.63, 3.8) is 0 Å². The van der Waals surface area contributed by atoms with Crippen LogP contribution in [0.1, 0.15) is 6.92 Å². The maximum Gasteiger partial charge on any atom is 0.265 e. The molecule has 4 N–H and O–H groups in total. The van der Waals surface area contributed by atoms with Crippen LogP contribution in [-0.2, 0) is 0 Å². The third kappa shape index (κ3) is 2.70. The summed E-state index contributed by atoms with van der Waals surface area (Å²) in [6.45, 7) is 1.60. The molecule has 0 spiro atoms. The fraction of sp³-hybridized carbons (Fsp3) is 0.500. The van der Waals surface area contributed by atoms with Crippen LogP contribution >= 0.6 is 0 Å². The van der Waals surface area contributed by atoms with E-state index in [4.69, 9.17) is 15.4 Å². The molecule has 0 saturated carbocycles. The summed E-state index contributed by atoms with van der Waals surface area (Å²) in [4.78, 5) is 0. The van der Waals surface area contributed by atoms with E-state index in [1.54, 1.807) is 6.92 Å². The van der Waals surface area contributed by atoms with Crippen molar-refractivity contribution in [1.82, 2.24) is 5.48 Å². The predicted molar refractivity (Wildman–Crippen MR) is 26.9 cm³/mol. The highest BCUT2D eigenvalue weighted by molar-refractivity contribution is 4.87. The van der Waals surface area contributed by atoms with Crippen molar-refractivity contribution in [2.45, 2.75) is 12.8 Å². The molecule has 0 aromatic heterocycles. The highest BCUT2D eigenvalue weighted by Crippen LogP contribution is 1.92. The monoisotopic (exact) mass is 119 g/mol. The smallest absolute Gasteiger partial charge is 0.265 e. The van der Waals surface area contributed by atoms with Gasteiger partial charge in [0.05, 0.1) is 0 Å². The minimum Gasteiger partial charge on any atom is -0.349 e. The zero-order valence-electron chi connectivity index (χ0n) is 4.50. The summed E-state index contributed by atoms with van der Waals surface area (Å²) >= 11 is 0. The summed E-state index contributed by atoms with van der Waals surface area (Å²) < 4.78 is 0. The lowest BCUT2D eigenvalue weighted by atomic mass is 10.4. The summed E-state index contributed by atoms with van der Waals surface area (Å²) in [5, 5.41) is 24.8. The molecule has 0 aromatic carbocycles. The molecule has 0 heterocycles. The molecule has 4 nitrogen and oxygen atoms in total. The van der Waals surface area contributed by atoms with Gasteiger partial charge in [-0.05, 0) is 13.0 Å². The van der Waals surface area contributed by atoms with Crippen LogP contribution in [0.4, 0.5) is 0 Å². The lowest BCUT2D eigenvalue weighted by molar-refractivity contribution is -0.204. The highest BCUT2D eigenvalue weighted by Gasteiger charge is 2.14. The van der Waals surface area contributed by atoms with E-state index in [2.05, 4.69) is 0 Å². The summed E-state index contributed by atoms with van der Waals surface area (Å²) in [7, 11) is 0.